The summed E-state index contributed by atoms with van der Waals surface area (Å²) >= 11 is 4.22. The molecule has 1 heterocycles. The second kappa shape index (κ2) is 3.65. The first-order chi connectivity index (χ1) is 6.58. The van der Waals surface area contributed by atoms with E-state index in [0.717, 1.165) is 7.14 Å². The summed E-state index contributed by atoms with van der Waals surface area (Å²) in [5.74, 6) is 0. The van der Waals surface area contributed by atoms with Crippen LogP contribution in [0, 0.1) is 7.14 Å². The van der Waals surface area contributed by atoms with Gasteiger partial charge in [0.1, 0.15) is 0 Å². The average molecular weight is 414 g/mol. The maximum Gasteiger partial charge on any atom is 0.326 e. The molecule has 2 aromatic rings. The summed E-state index contributed by atoms with van der Waals surface area (Å²) in [5, 5.41) is 0.515. The van der Waals surface area contributed by atoms with E-state index in [2.05, 4.69) is 55.1 Å². The van der Waals surface area contributed by atoms with Crippen LogP contribution in [0.3, 0.4) is 0 Å². The van der Waals surface area contributed by atoms with Gasteiger partial charge in [-0.2, -0.15) is 0 Å². The Labute approximate surface area is 105 Å². The van der Waals surface area contributed by atoms with Crippen molar-refractivity contribution in [1.82, 2.24) is 9.97 Å². The first-order valence-corrected chi connectivity index (χ1v) is 5.85. The number of halogens is 2. The lowest BCUT2D eigenvalue weighted by Crippen LogP contribution is -2.22. The SMILES string of the molecule is O=c1[nH]c(=O)c2cc(I)cc(I)c2[nH]1. The highest BCUT2D eigenvalue weighted by Crippen LogP contribution is 2.18. The molecule has 14 heavy (non-hydrogen) atoms. The average Bonchev–Trinajstić information content (AvgIpc) is 2.07. The Hall–Kier alpha value is -0.380. The number of aromatic nitrogens is 2. The fourth-order valence-corrected chi connectivity index (χ4v) is 3.17. The molecule has 1 aromatic heterocycles. The zero-order valence-electron chi connectivity index (χ0n) is 6.73. The fraction of sp³-hybridized carbons (Fsp3) is 0. The maximum atomic E-state index is 11.4. The van der Waals surface area contributed by atoms with Crippen molar-refractivity contribution in [2.24, 2.45) is 0 Å². The van der Waals surface area contributed by atoms with Crippen molar-refractivity contribution in [2.45, 2.75) is 0 Å². The predicted octanol–water partition coefficient (Wildman–Crippen LogP) is 1.43. The van der Waals surface area contributed by atoms with Crippen LogP contribution in [0.25, 0.3) is 10.9 Å². The molecule has 6 heteroatoms. The highest BCUT2D eigenvalue weighted by atomic mass is 127. The van der Waals surface area contributed by atoms with Crippen LogP contribution in [0.5, 0.6) is 0 Å². The number of fused-ring (bicyclic) bond motifs is 1. The van der Waals surface area contributed by atoms with E-state index in [4.69, 9.17) is 0 Å². The van der Waals surface area contributed by atoms with Gasteiger partial charge in [0.15, 0.2) is 0 Å². The largest absolute Gasteiger partial charge is 0.326 e. The minimum Gasteiger partial charge on any atom is -0.306 e. The summed E-state index contributed by atoms with van der Waals surface area (Å²) in [6.07, 6.45) is 0. The van der Waals surface area contributed by atoms with Crippen LogP contribution in [0.2, 0.25) is 0 Å². The molecule has 0 saturated carbocycles. The number of hydrogen-bond donors (Lipinski definition) is 2. The molecule has 0 aliphatic heterocycles. The summed E-state index contributed by atoms with van der Waals surface area (Å²) in [4.78, 5) is 27.2. The van der Waals surface area contributed by atoms with E-state index in [-0.39, 0.29) is 5.56 Å². The molecule has 2 N–H and O–H groups in total. The number of H-pyrrole nitrogens is 2. The van der Waals surface area contributed by atoms with Crippen molar-refractivity contribution in [2.75, 3.05) is 0 Å². The number of nitrogens with one attached hydrogen (secondary N) is 2. The molecular weight excluding hydrogens is 410 g/mol. The lowest BCUT2D eigenvalue weighted by atomic mass is 10.2. The second-order valence-electron chi connectivity index (χ2n) is 2.72. The lowest BCUT2D eigenvalue weighted by molar-refractivity contribution is 1.08. The number of benzene rings is 1. The third-order valence-electron chi connectivity index (χ3n) is 1.77. The van der Waals surface area contributed by atoms with Gasteiger partial charge in [-0.15, -0.1) is 0 Å². The van der Waals surface area contributed by atoms with Gasteiger partial charge >= 0.3 is 5.69 Å². The van der Waals surface area contributed by atoms with E-state index >= 15 is 0 Å². The van der Waals surface area contributed by atoms with Gasteiger partial charge in [-0.05, 0) is 57.3 Å². The van der Waals surface area contributed by atoms with E-state index in [9.17, 15) is 9.59 Å². The summed E-state index contributed by atoms with van der Waals surface area (Å²) in [7, 11) is 0. The van der Waals surface area contributed by atoms with Crippen LogP contribution >= 0.6 is 45.2 Å². The molecule has 72 valence electrons. The van der Waals surface area contributed by atoms with Gasteiger partial charge in [-0.1, -0.05) is 0 Å². The zero-order valence-corrected chi connectivity index (χ0v) is 11.0. The second-order valence-corrected chi connectivity index (χ2v) is 5.13. The molecular formula is C8H4I2N2O2. The van der Waals surface area contributed by atoms with E-state index in [1.165, 1.54) is 0 Å². The van der Waals surface area contributed by atoms with E-state index in [1.807, 2.05) is 6.07 Å². The first-order valence-electron chi connectivity index (χ1n) is 3.69. The molecule has 0 fully saturated rings. The quantitative estimate of drug-likeness (QED) is 0.641. The Morgan fingerprint density at radius 3 is 2.50 bits per heavy atom. The van der Waals surface area contributed by atoms with Crippen LogP contribution in [-0.2, 0) is 0 Å². The highest BCUT2D eigenvalue weighted by molar-refractivity contribution is 14.1. The Morgan fingerprint density at radius 2 is 1.79 bits per heavy atom. The fourth-order valence-electron chi connectivity index (χ4n) is 1.19. The molecule has 0 saturated heterocycles. The molecule has 0 bridgehead atoms. The molecule has 0 amide bonds. The number of hydrogen-bond acceptors (Lipinski definition) is 2. The monoisotopic (exact) mass is 414 g/mol. The van der Waals surface area contributed by atoms with Gasteiger partial charge in [-0.25, -0.2) is 4.79 Å². The van der Waals surface area contributed by atoms with Crippen LogP contribution in [0.1, 0.15) is 0 Å². The Balaban J connectivity index is 3.10. The molecule has 0 atom stereocenters. The standard InChI is InChI=1S/C8H4I2N2O2/c9-3-1-4-6(5(10)2-3)11-8(14)12-7(4)13/h1-2H,(H2,11,12,13,14). The normalized spacial score (nSPS) is 10.7. The number of aromatic amines is 2. The van der Waals surface area contributed by atoms with Crippen LogP contribution in [0.15, 0.2) is 21.7 Å². The van der Waals surface area contributed by atoms with Crippen molar-refractivity contribution in [3.63, 3.8) is 0 Å². The minimum atomic E-state index is -0.471. The summed E-state index contributed by atoms with van der Waals surface area (Å²) < 4.78 is 1.84. The smallest absolute Gasteiger partial charge is 0.306 e. The van der Waals surface area contributed by atoms with E-state index < -0.39 is 5.69 Å². The zero-order chi connectivity index (χ0) is 10.3. The lowest BCUT2D eigenvalue weighted by Gasteiger charge is -1.99. The molecule has 0 aliphatic carbocycles. The third kappa shape index (κ3) is 1.72. The molecule has 2 rings (SSSR count). The minimum absolute atomic E-state index is 0.347. The van der Waals surface area contributed by atoms with E-state index in [0.29, 0.717) is 10.9 Å². The predicted molar refractivity (Wildman–Crippen MR) is 70.6 cm³/mol. The topological polar surface area (TPSA) is 65.7 Å². The van der Waals surface area contributed by atoms with Crippen LogP contribution in [0.4, 0.5) is 0 Å². The molecule has 0 spiro atoms. The third-order valence-corrected chi connectivity index (χ3v) is 3.24. The summed E-state index contributed by atoms with van der Waals surface area (Å²) in [6.45, 7) is 0. The Morgan fingerprint density at radius 1 is 1.07 bits per heavy atom. The summed E-state index contributed by atoms with van der Waals surface area (Å²) in [5.41, 5.74) is -0.221. The first kappa shape index (κ1) is 10.1. The van der Waals surface area contributed by atoms with Crippen molar-refractivity contribution < 1.29 is 0 Å². The van der Waals surface area contributed by atoms with Gasteiger partial charge in [-0.3, -0.25) is 9.78 Å². The van der Waals surface area contributed by atoms with Gasteiger partial charge in [0.2, 0.25) is 0 Å². The molecule has 0 aliphatic rings. The van der Waals surface area contributed by atoms with Crippen molar-refractivity contribution in [3.05, 3.63) is 40.1 Å². The van der Waals surface area contributed by atoms with Crippen molar-refractivity contribution in [3.8, 4) is 0 Å². The summed E-state index contributed by atoms with van der Waals surface area (Å²) in [6, 6.07) is 3.64. The van der Waals surface area contributed by atoms with Crippen molar-refractivity contribution >= 4 is 56.1 Å². The number of rotatable bonds is 0. The molecule has 0 radical (unpaired) electrons. The molecule has 0 unspecified atom stereocenters. The van der Waals surface area contributed by atoms with Gasteiger partial charge in [0, 0.05) is 7.14 Å². The molecule has 4 nitrogen and oxygen atoms in total. The maximum absolute atomic E-state index is 11.4. The van der Waals surface area contributed by atoms with Gasteiger partial charge < -0.3 is 4.98 Å². The Bertz CT molecular complexity index is 615. The molecule has 1 aromatic carbocycles. The van der Waals surface area contributed by atoms with Crippen molar-refractivity contribution in [1.29, 1.82) is 0 Å². The highest BCUT2D eigenvalue weighted by Gasteiger charge is 2.05. The van der Waals surface area contributed by atoms with Gasteiger partial charge in [0.25, 0.3) is 5.56 Å². The van der Waals surface area contributed by atoms with Crippen LogP contribution < -0.4 is 11.2 Å². The van der Waals surface area contributed by atoms with Crippen LogP contribution in [-0.4, -0.2) is 9.97 Å². The Kier molecular flexibility index (Phi) is 2.64. The van der Waals surface area contributed by atoms with E-state index in [1.54, 1.807) is 6.07 Å². The van der Waals surface area contributed by atoms with Gasteiger partial charge in [0.05, 0.1) is 10.9 Å².